The quantitative estimate of drug-likeness (QED) is 0.420. The van der Waals surface area contributed by atoms with Crippen LogP contribution in [-0.2, 0) is 18.2 Å². The van der Waals surface area contributed by atoms with Crippen molar-refractivity contribution in [1.82, 2.24) is 25.7 Å². The molecule has 1 aromatic heterocycles. The Morgan fingerprint density at radius 1 is 1.23 bits per heavy atom. The molecule has 0 spiro atoms. The maximum atomic E-state index is 12.1. The molecule has 0 aliphatic heterocycles. The summed E-state index contributed by atoms with van der Waals surface area (Å²) in [5.74, 6) is 0.747. The number of hydrogen-bond acceptors (Lipinski definition) is 4. The van der Waals surface area contributed by atoms with E-state index in [1.165, 1.54) is 11.3 Å². The average Bonchev–Trinajstić information content (AvgIpc) is 2.84. The summed E-state index contributed by atoms with van der Waals surface area (Å²) in [6.07, 6.45) is 2.26. The summed E-state index contributed by atoms with van der Waals surface area (Å²) in [5, 5.41) is 14.2. The van der Waals surface area contributed by atoms with Gasteiger partial charge in [0, 0.05) is 25.3 Å². The molecule has 1 amide bonds. The SMILES string of the molecule is CCCC(CN=C(NCC)NC(C)Cc1c(C)nn(C)c1C)NC(=O)OC(C)(C)C. The number of nitrogens with zero attached hydrogens (tertiary/aromatic N) is 3. The topological polar surface area (TPSA) is 92.6 Å². The van der Waals surface area contributed by atoms with Crippen LogP contribution in [0.1, 0.15) is 71.3 Å². The molecule has 0 fully saturated rings. The Kier molecular flexibility index (Phi) is 10.2. The Morgan fingerprint density at radius 3 is 2.40 bits per heavy atom. The molecule has 2 unspecified atom stereocenters. The van der Waals surface area contributed by atoms with Gasteiger partial charge in [0.05, 0.1) is 18.3 Å². The molecule has 8 nitrogen and oxygen atoms in total. The summed E-state index contributed by atoms with van der Waals surface area (Å²) in [6.45, 7) is 17.3. The van der Waals surface area contributed by atoms with E-state index in [0.29, 0.717) is 6.54 Å². The number of carbonyl (C=O) groups excluding carboxylic acids is 1. The predicted molar refractivity (Wildman–Crippen MR) is 123 cm³/mol. The van der Waals surface area contributed by atoms with Crippen LogP contribution in [0, 0.1) is 13.8 Å². The van der Waals surface area contributed by atoms with Crippen LogP contribution in [0.5, 0.6) is 0 Å². The number of ether oxygens (including phenoxy) is 1. The molecule has 0 aromatic carbocycles. The van der Waals surface area contributed by atoms with Gasteiger partial charge in [0.1, 0.15) is 5.60 Å². The molecule has 0 saturated carbocycles. The maximum Gasteiger partial charge on any atom is 0.407 e. The van der Waals surface area contributed by atoms with Gasteiger partial charge in [-0.1, -0.05) is 13.3 Å². The van der Waals surface area contributed by atoms with Gasteiger partial charge in [-0.15, -0.1) is 0 Å². The second kappa shape index (κ2) is 11.8. The lowest BCUT2D eigenvalue weighted by Crippen LogP contribution is -2.45. The number of carbonyl (C=O) groups is 1. The van der Waals surface area contributed by atoms with Gasteiger partial charge in [-0.3, -0.25) is 9.67 Å². The predicted octanol–water partition coefficient (Wildman–Crippen LogP) is 3.22. The van der Waals surface area contributed by atoms with Gasteiger partial charge < -0.3 is 20.7 Å². The van der Waals surface area contributed by atoms with Crippen molar-refractivity contribution in [3.05, 3.63) is 17.0 Å². The molecular formula is C22H42N6O2. The molecule has 0 radical (unpaired) electrons. The molecule has 172 valence electrons. The summed E-state index contributed by atoms with van der Waals surface area (Å²) in [7, 11) is 1.97. The highest BCUT2D eigenvalue weighted by molar-refractivity contribution is 5.80. The van der Waals surface area contributed by atoms with E-state index in [4.69, 9.17) is 9.73 Å². The average molecular weight is 423 g/mol. The largest absolute Gasteiger partial charge is 0.444 e. The molecule has 0 saturated heterocycles. The normalized spacial score (nSPS) is 14.2. The highest BCUT2D eigenvalue weighted by Crippen LogP contribution is 2.14. The second-order valence-electron chi connectivity index (χ2n) is 8.87. The number of aliphatic imine (C=N–C) groups is 1. The first kappa shape index (κ1) is 25.8. The van der Waals surface area contributed by atoms with Gasteiger partial charge in [0.2, 0.25) is 0 Å². The third kappa shape index (κ3) is 9.05. The van der Waals surface area contributed by atoms with Crippen molar-refractivity contribution in [2.75, 3.05) is 13.1 Å². The van der Waals surface area contributed by atoms with Crippen molar-refractivity contribution >= 4 is 12.1 Å². The number of nitrogens with one attached hydrogen (secondary N) is 3. The smallest absolute Gasteiger partial charge is 0.407 e. The third-order valence-corrected chi connectivity index (χ3v) is 4.72. The first-order valence-corrected chi connectivity index (χ1v) is 11.0. The van der Waals surface area contributed by atoms with Gasteiger partial charge in [-0.2, -0.15) is 5.10 Å². The molecule has 1 aromatic rings. The van der Waals surface area contributed by atoms with E-state index in [9.17, 15) is 4.79 Å². The fourth-order valence-corrected chi connectivity index (χ4v) is 3.26. The van der Waals surface area contributed by atoms with Crippen molar-refractivity contribution in [2.24, 2.45) is 12.0 Å². The first-order valence-electron chi connectivity index (χ1n) is 11.0. The maximum absolute atomic E-state index is 12.1. The summed E-state index contributed by atoms with van der Waals surface area (Å²) in [6, 6.07) is 0.117. The van der Waals surface area contributed by atoms with Crippen molar-refractivity contribution in [1.29, 1.82) is 0 Å². The molecule has 30 heavy (non-hydrogen) atoms. The molecular weight excluding hydrogens is 380 g/mol. The highest BCUT2D eigenvalue weighted by Gasteiger charge is 2.19. The van der Waals surface area contributed by atoms with Crippen molar-refractivity contribution in [3.63, 3.8) is 0 Å². The minimum Gasteiger partial charge on any atom is -0.444 e. The van der Waals surface area contributed by atoms with Crippen LogP contribution in [0.4, 0.5) is 4.79 Å². The number of hydrogen-bond donors (Lipinski definition) is 3. The van der Waals surface area contributed by atoms with Crippen LogP contribution in [0.25, 0.3) is 0 Å². The van der Waals surface area contributed by atoms with Crippen LogP contribution in [-0.4, -0.2) is 52.6 Å². The van der Waals surface area contributed by atoms with Gasteiger partial charge in [0.25, 0.3) is 0 Å². The summed E-state index contributed by atoms with van der Waals surface area (Å²) < 4.78 is 7.31. The van der Waals surface area contributed by atoms with E-state index < -0.39 is 11.7 Å². The van der Waals surface area contributed by atoms with Crippen LogP contribution in [0.3, 0.4) is 0 Å². The third-order valence-electron chi connectivity index (χ3n) is 4.72. The Balaban J connectivity index is 2.76. The van der Waals surface area contributed by atoms with E-state index in [-0.39, 0.29) is 12.1 Å². The zero-order valence-corrected chi connectivity index (χ0v) is 20.3. The summed E-state index contributed by atoms with van der Waals surface area (Å²) in [5.41, 5.74) is 3.00. The Labute approximate surface area is 182 Å². The first-order chi connectivity index (χ1) is 14.0. The standard InChI is InChI=1S/C22H42N6O2/c1-10-12-18(26-21(29)30-22(6,7)8)14-24-20(23-11-2)25-15(3)13-19-16(4)27-28(9)17(19)5/h15,18H,10-14H2,1-9H3,(H,26,29)(H2,23,24,25). The molecule has 3 N–H and O–H groups in total. The van der Waals surface area contributed by atoms with Crippen molar-refractivity contribution in [3.8, 4) is 0 Å². The zero-order valence-electron chi connectivity index (χ0n) is 20.3. The Hall–Kier alpha value is -2.25. The van der Waals surface area contributed by atoms with Gasteiger partial charge in [-0.25, -0.2) is 4.79 Å². The van der Waals surface area contributed by atoms with Crippen LogP contribution >= 0.6 is 0 Å². The molecule has 1 rings (SSSR count). The van der Waals surface area contributed by atoms with Gasteiger partial charge in [-0.05, 0) is 66.9 Å². The van der Waals surface area contributed by atoms with Gasteiger partial charge in [0.15, 0.2) is 5.96 Å². The number of aryl methyl sites for hydroxylation is 2. The highest BCUT2D eigenvalue weighted by atomic mass is 16.6. The lowest BCUT2D eigenvalue weighted by atomic mass is 10.1. The molecule has 1 heterocycles. The number of amides is 1. The zero-order chi connectivity index (χ0) is 22.9. The molecule has 0 aliphatic rings. The Bertz CT molecular complexity index is 705. The van der Waals surface area contributed by atoms with Crippen LogP contribution in [0.15, 0.2) is 4.99 Å². The minimum absolute atomic E-state index is 0.0709. The van der Waals surface area contributed by atoms with E-state index >= 15 is 0 Å². The Morgan fingerprint density at radius 2 is 1.90 bits per heavy atom. The van der Waals surface area contributed by atoms with Gasteiger partial charge >= 0.3 is 6.09 Å². The van der Waals surface area contributed by atoms with Crippen LogP contribution < -0.4 is 16.0 Å². The molecule has 2 atom stereocenters. The lowest BCUT2D eigenvalue weighted by molar-refractivity contribution is 0.0503. The van der Waals surface area contributed by atoms with Crippen molar-refractivity contribution < 1.29 is 9.53 Å². The minimum atomic E-state index is -0.515. The fourth-order valence-electron chi connectivity index (χ4n) is 3.26. The summed E-state index contributed by atoms with van der Waals surface area (Å²) in [4.78, 5) is 16.9. The second-order valence-corrected chi connectivity index (χ2v) is 8.87. The lowest BCUT2D eigenvalue weighted by Gasteiger charge is -2.23. The molecule has 0 bridgehead atoms. The number of guanidine groups is 1. The van der Waals surface area contributed by atoms with E-state index in [2.05, 4.69) is 41.8 Å². The monoisotopic (exact) mass is 422 g/mol. The number of alkyl carbamates (subject to hydrolysis) is 1. The number of rotatable bonds is 9. The molecule has 8 heteroatoms. The van der Waals surface area contributed by atoms with E-state index in [0.717, 1.165) is 37.5 Å². The van der Waals surface area contributed by atoms with E-state index in [1.54, 1.807) is 0 Å². The van der Waals surface area contributed by atoms with E-state index in [1.807, 2.05) is 46.3 Å². The molecule has 0 aliphatic carbocycles. The fraction of sp³-hybridized carbons (Fsp3) is 0.773. The van der Waals surface area contributed by atoms with Crippen molar-refractivity contribution in [2.45, 2.75) is 92.3 Å². The van der Waals surface area contributed by atoms with Crippen LogP contribution in [0.2, 0.25) is 0 Å². The summed E-state index contributed by atoms with van der Waals surface area (Å²) >= 11 is 0. The number of aromatic nitrogens is 2.